The van der Waals surface area contributed by atoms with Crippen molar-refractivity contribution in [2.45, 2.75) is 155 Å². The van der Waals surface area contributed by atoms with Gasteiger partial charge in [-0.25, -0.2) is 0 Å². The minimum atomic E-state index is -0.900. The maximum Gasteiger partial charge on any atom is 1.00 e. The normalized spacial score (nSPS) is 12.1. The van der Waals surface area contributed by atoms with E-state index in [1.54, 1.807) is 0 Å². The molecule has 0 aromatic heterocycles. The second-order valence-corrected chi connectivity index (χ2v) is 9.31. The minimum absolute atomic E-state index is 0. The number of nitrogens with zero attached hydrogens (tertiary/aromatic N) is 1. The second kappa shape index (κ2) is 27.3. The number of hydrogen-bond donors (Lipinski definition) is 0. The van der Waals surface area contributed by atoms with Crippen molar-refractivity contribution in [2.75, 3.05) is 13.1 Å². The van der Waals surface area contributed by atoms with Crippen molar-refractivity contribution in [1.82, 2.24) is 4.90 Å². The van der Waals surface area contributed by atoms with Crippen LogP contribution >= 0.6 is 0 Å². The molecule has 180 valence electrons. The van der Waals surface area contributed by atoms with Crippen LogP contribution in [0.1, 0.15) is 149 Å². The van der Waals surface area contributed by atoms with Gasteiger partial charge in [-0.05, 0) is 51.6 Å². The molecule has 1 unspecified atom stereocenters. The fourth-order valence-electron chi connectivity index (χ4n) is 4.50. The van der Waals surface area contributed by atoms with Crippen LogP contribution in [-0.2, 0) is 4.79 Å². The van der Waals surface area contributed by atoms with E-state index in [1.165, 1.54) is 116 Å². The molecule has 0 aromatic carbocycles. The predicted octanol–water partition coefficient (Wildman–Crippen LogP) is 4.27. The summed E-state index contributed by atoms with van der Waals surface area (Å²) < 4.78 is 0. The number of hydrogen-bond acceptors (Lipinski definition) is 3. The fraction of sp³-hybridized carbons (Fsp3) is 0.963. The zero-order valence-electron chi connectivity index (χ0n) is 21.9. The third-order valence-corrected chi connectivity index (χ3v) is 6.50. The number of aliphatic carboxylic acids is 1. The van der Waals surface area contributed by atoms with Crippen LogP contribution in [0.4, 0.5) is 0 Å². The van der Waals surface area contributed by atoms with Crippen LogP contribution in [0.15, 0.2) is 0 Å². The third kappa shape index (κ3) is 24.0. The van der Waals surface area contributed by atoms with Gasteiger partial charge in [-0.3, -0.25) is 0 Å². The number of carbonyl (C=O) groups excluding carboxylic acids is 1. The molecule has 0 saturated carbocycles. The van der Waals surface area contributed by atoms with Crippen molar-refractivity contribution < 1.29 is 61.3 Å². The molecule has 0 aliphatic heterocycles. The Morgan fingerprint density at radius 2 is 1.03 bits per heavy atom. The first-order chi connectivity index (χ1) is 14.7. The van der Waals surface area contributed by atoms with E-state index in [1.807, 2.05) is 0 Å². The Balaban J connectivity index is 0. The first-order valence-corrected chi connectivity index (χ1v) is 13.6. The van der Waals surface area contributed by atoms with Crippen molar-refractivity contribution in [3.8, 4) is 0 Å². The molecule has 0 spiro atoms. The molecule has 0 heterocycles. The first kappa shape index (κ1) is 34.2. The van der Waals surface area contributed by atoms with Gasteiger partial charge in [0.25, 0.3) is 0 Å². The summed E-state index contributed by atoms with van der Waals surface area (Å²) in [5.41, 5.74) is 0. The molecular formula is C27H54KNO2. The maximum atomic E-state index is 10.8. The summed E-state index contributed by atoms with van der Waals surface area (Å²) in [6.07, 6.45) is 24.9. The Labute approximate surface area is 238 Å². The van der Waals surface area contributed by atoms with Gasteiger partial charge in [0.1, 0.15) is 0 Å². The van der Waals surface area contributed by atoms with Gasteiger partial charge in [-0.15, -0.1) is 0 Å². The van der Waals surface area contributed by atoms with E-state index >= 15 is 0 Å². The topological polar surface area (TPSA) is 43.4 Å². The van der Waals surface area contributed by atoms with E-state index in [0.29, 0.717) is 6.04 Å². The summed E-state index contributed by atoms with van der Waals surface area (Å²) >= 11 is 0. The average Bonchev–Trinajstić information content (AvgIpc) is 2.73. The van der Waals surface area contributed by atoms with Crippen molar-refractivity contribution in [2.24, 2.45) is 0 Å². The van der Waals surface area contributed by atoms with Crippen molar-refractivity contribution in [3.05, 3.63) is 0 Å². The van der Waals surface area contributed by atoms with Gasteiger partial charge in [-0.2, -0.15) is 0 Å². The second-order valence-electron chi connectivity index (χ2n) is 9.31. The number of rotatable bonds is 24. The SMILES string of the molecule is CCCCCCCCCCN(CCCCCCCCCC)C(CC)CCCC(=O)[O-].[K+]. The zero-order chi connectivity index (χ0) is 22.3. The largest absolute Gasteiger partial charge is 1.00 e. The molecule has 0 aliphatic carbocycles. The standard InChI is InChI=1S/C27H55NO2.K/c1-4-7-9-11-13-15-17-19-24-28(26(6-3)22-21-23-27(29)30)25-20-18-16-14-12-10-8-5-2;/h26H,4-25H2,1-3H3,(H,29,30);/q;+1/p-1. The van der Waals surface area contributed by atoms with Crippen molar-refractivity contribution in [3.63, 3.8) is 0 Å². The van der Waals surface area contributed by atoms with Crippen molar-refractivity contribution in [1.29, 1.82) is 0 Å². The first-order valence-electron chi connectivity index (χ1n) is 13.6. The van der Waals surface area contributed by atoms with Gasteiger partial charge in [0, 0.05) is 12.0 Å². The number of unbranched alkanes of at least 4 members (excludes halogenated alkanes) is 14. The Hall–Kier alpha value is 1.07. The molecule has 0 aliphatic rings. The summed E-state index contributed by atoms with van der Waals surface area (Å²) in [5, 5.41) is 10.8. The number of carboxylic acid groups (broad SMARTS) is 1. The molecule has 0 aromatic rings. The smallest absolute Gasteiger partial charge is 0.550 e. The molecule has 0 amide bonds. The van der Waals surface area contributed by atoms with Crippen LogP contribution in [0, 0.1) is 0 Å². The summed E-state index contributed by atoms with van der Waals surface area (Å²) in [6, 6.07) is 0.540. The van der Waals surface area contributed by atoms with Gasteiger partial charge in [-0.1, -0.05) is 111 Å². The summed E-state index contributed by atoms with van der Waals surface area (Å²) in [6.45, 7) is 9.19. The Bertz CT molecular complexity index is 345. The summed E-state index contributed by atoms with van der Waals surface area (Å²) in [7, 11) is 0. The van der Waals surface area contributed by atoms with E-state index in [2.05, 4.69) is 25.7 Å². The van der Waals surface area contributed by atoms with Gasteiger partial charge in [0.2, 0.25) is 0 Å². The van der Waals surface area contributed by atoms with Gasteiger partial charge in [0.15, 0.2) is 0 Å². The quantitative estimate of drug-likeness (QED) is 0.159. The maximum absolute atomic E-state index is 10.8. The Morgan fingerprint density at radius 3 is 1.39 bits per heavy atom. The van der Waals surface area contributed by atoms with E-state index in [9.17, 15) is 9.90 Å². The van der Waals surface area contributed by atoms with Crippen LogP contribution in [-0.4, -0.2) is 30.0 Å². The molecular weight excluding hydrogens is 409 g/mol. The zero-order valence-corrected chi connectivity index (χ0v) is 25.0. The van der Waals surface area contributed by atoms with Crippen LogP contribution in [0.3, 0.4) is 0 Å². The molecule has 3 nitrogen and oxygen atoms in total. The van der Waals surface area contributed by atoms with E-state index in [-0.39, 0.29) is 57.8 Å². The molecule has 0 radical (unpaired) electrons. The van der Waals surface area contributed by atoms with Gasteiger partial charge in [0.05, 0.1) is 0 Å². The molecule has 0 bridgehead atoms. The number of carbonyl (C=O) groups is 1. The van der Waals surface area contributed by atoms with Crippen LogP contribution in [0.5, 0.6) is 0 Å². The monoisotopic (exact) mass is 463 g/mol. The molecule has 4 heteroatoms. The molecule has 0 N–H and O–H groups in total. The summed E-state index contributed by atoms with van der Waals surface area (Å²) in [4.78, 5) is 13.5. The molecule has 1 atom stereocenters. The third-order valence-electron chi connectivity index (χ3n) is 6.50. The van der Waals surface area contributed by atoms with Crippen molar-refractivity contribution >= 4 is 5.97 Å². The fourth-order valence-corrected chi connectivity index (χ4v) is 4.50. The molecule has 31 heavy (non-hydrogen) atoms. The van der Waals surface area contributed by atoms with Crippen LogP contribution in [0.25, 0.3) is 0 Å². The van der Waals surface area contributed by atoms with E-state index in [0.717, 1.165) is 19.3 Å². The van der Waals surface area contributed by atoms with Gasteiger partial charge >= 0.3 is 51.4 Å². The Morgan fingerprint density at radius 1 is 0.645 bits per heavy atom. The van der Waals surface area contributed by atoms with E-state index < -0.39 is 5.97 Å². The Kier molecular flexibility index (Phi) is 30.2. The van der Waals surface area contributed by atoms with Gasteiger partial charge < -0.3 is 14.8 Å². The molecule has 0 rings (SSSR count). The van der Waals surface area contributed by atoms with Crippen LogP contribution < -0.4 is 56.5 Å². The molecule has 0 saturated heterocycles. The van der Waals surface area contributed by atoms with Crippen LogP contribution in [0.2, 0.25) is 0 Å². The average molecular weight is 464 g/mol. The van der Waals surface area contributed by atoms with E-state index in [4.69, 9.17) is 0 Å². The summed E-state index contributed by atoms with van der Waals surface area (Å²) in [5.74, 6) is -0.900. The minimum Gasteiger partial charge on any atom is -0.550 e. The number of carboxylic acids is 1. The predicted molar refractivity (Wildman–Crippen MR) is 130 cm³/mol. The molecule has 0 fully saturated rings.